The van der Waals surface area contributed by atoms with Crippen LogP contribution >= 0.6 is 0 Å². The minimum Gasteiger partial charge on any atom is -0.469 e. The number of rotatable bonds is 7. The van der Waals surface area contributed by atoms with E-state index in [1.807, 2.05) is 0 Å². The Morgan fingerprint density at radius 1 is 1.21 bits per heavy atom. The highest BCUT2D eigenvalue weighted by Crippen LogP contribution is 2.43. The van der Waals surface area contributed by atoms with Crippen LogP contribution in [0.25, 0.3) is 0 Å². The fourth-order valence-corrected chi connectivity index (χ4v) is 2.03. The van der Waals surface area contributed by atoms with Gasteiger partial charge in [-0.15, -0.1) is 0 Å². The van der Waals surface area contributed by atoms with Crippen LogP contribution in [0.15, 0.2) is 43.0 Å². The summed E-state index contributed by atoms with van der Waals surface area (Å²) < 4.78 is 54.7. The number of ether oxygens (including phenoxy) is 3. The van der Waals surface area contributed by atoms with Gasteiger partial charge >= 0.3 is 18.1 Å². The van der Waals surface area contributed by atoms with E-state index in [2.05, 4.69) is 16.1 Å². The molecule has 0 heterocycles. The normalized spacial score (nSPS) is 15.0. The van der Waals surface area contributed by atoms with Crippen molar-refractivity contribution in [2.24, 2.45) is 0 Å². The lowest BCUT2D eigenvalue weighted by Gasteiger charge is -2.33. The van der Waals surface area contributed by atoms with Crippen LogP contribution in [0.4, 0.5) is 13.2 Å². The van der Waals surface area contributed by atoms with E-state index in [9.17, 15) is 22.8 Å². The molecule has 0 saturated heterocycles. The lowest BCUT2D eigenvalue weighted by atomic mass is 9.92. The van der Waals surface area contributed by atoms with Crippen molar-refractivity contribution in [2.45, 2.75) is 24.3 Å². The van der Waals surface area contributed by atoms with Gasteiger partial charge in [-0.1, -0.05) is 43.0 Å². The monoisotopic (exact) mass is 346 g/mol. The Kier molecular flexibility index (Phi) is 6.53. The number of methoxy groups -OCH3 is 2. The van der Waals surface area contributed by atoms with Crippen LogP contribution in [-0.4, -0.2) is 38.4 Å². The first-order valence-corrected chi connectivity index (χ1v) is 6.80. The SMILES string of the molecule is C=C[C@H](CC(=O)OC)OC(=O)C(OC)(c1ccccc1)C(F)(F)F. The molecule has 0 bridgehead atoms. The van der Waals surface area contributed by atoms with Crippen LogP contribution in [0.5, 0.6) is 0 Å². The molecule has 24 heavy (non-hydrogen) atoms. The maximum Gasteiger partial charge on any atom is 0.432 e. The van der Waals surface area contributed by atoms with Gasteiger partial charge in [0.05, 0.1) is 13.5 Å². The number of carbonyl (C=O) groups is 2. The second-order valence-corrected chi connectivity index (χ2v) is 4.71. The molecule has 0 saturated carbocycles. The predicted octanol–water partition coefficient (Wildman–Crippen LogP) is 2.75. The van der Waals surface area contributed by atoms with E-state index >= 15 is 0 Å². The summed E-state index contributed by atoms with van der Waals surface area (Å²) >= 11 is 0. The van der Waals surface area contributed by atoms with Gasteiger partial charge in [-0.25, -0.2) is 4.79 Å². The number of hydrogen-bond donors (Lipinski definition) is 0. The van der Waals surface area contributed by atoms with Crippen LogP contribution in [-0.2, 0) is 29.4 Å². The number of alkyl halides is 3. The molecule has 0 aliphatic carbocycles. The number of carbonyl (C=O) groups excluding carboxylic acids is 2. The third kappa shape index (κ3) is 3.94. The quantitative estimate of drug-likeness (QED) is 0.561. The van der Waals surface area contributed by atoms with Gasteiger partial charge in [0, 0.05) is 12.7 Å². The Morgan fingerprint density at radius 2 is 1.79 bits per heavy atom. The fraction of sp³-hybridized carbons (Fsp3) is 0.375. The maximum absolute atomic E-state index is 13.7. The van der Waals surface area contributed by atoms with Gasteiger partial charge in [-0.05, 0) is 0 Å². The molecule has 8 heteroatoms. The summed E-state index contributed by atoms with van der Waals surface area (Å²) in [6.07, 6.45) is -5.79. The summed E-state index contributed by atoms with van der Waals surface area (Å²) in [5, 5.41) is 0. The molecule has 0 aliphatic heterocycles. The highest BCUT2D eigenvalue weighted by molar-refractivity contribution is 5.83. The second kappa shape index (κ2) is 7.96. The highest BCUT2D eigenvalue weighted by atomic mass is 19.4. The van der Waals surface area contributed by atoms with Gasteiger partial charge in [-0.3, -0.25) is 4.79 Å². The van der Waals surface area contributed by atoms with Gasteiger partial charge in [0.25, 0.3) is 5.60 Å². The Morgan fingerprint density at radius 3 is 2.21 bits per heavy atom. The standard InChI is InChI=1S/C16H17F3O5/c1-4-12(10-13(20)22-2)24-14(21)15(23-3,16(17,18)19)11-8-6-5-7-9-11/h4-9,12H,1,10H2,2-3H3/t12-,15?/m1/s1. The first kappa shape index (κ1) is 19.7. The summed E-state index contributed by atoms with van der Waals surface area (Å²) in [5.41, 5.74) is -3.75. The Bertz CT molecular complexity index is 585. The number of halogens is 3. The molecular formula is C16H17F3O5. The summed E-state index contributed by atoms with van der Waals surface area (Å²) in [6.45, 7) is 3.34. The maximum atomic E-state index is 13.7. The molecule has 0 radical (unpaired) electrons. The summed E-state index contributed by atoms with van der Waals surface area (Å²) in [4.78, 5) is 23.5. The number of hydrogen-bond acceptors (Lipinski definition) is 5. The van der Waals surface area contributed by atoms with Crippen molar-refractivity contribution in [3.63, 3.8) is 0 Å². The smallest absolute Gasteiger partial charge is 0.432 e. The molecule has 2 atom stereocenters. The van der Waals surface area contributed by atoms with E-state index < -0.39 is 41.8 Å². The summed E-state index contributed by atoms with van der Waals surface area (Å²) in [7, 11) is 1.86. The van der Waals surface area contributed by atoms with Crippen molar-refractivity contribution in [1.29, 1.82) is 0 Å². The summed E-state index contributed by atoms with van der Waals surface area (Å²) in [5.74, 6) is -2.46. The lowest BCUT2D eigenvalue weighted by molar-refractivity contribution is -0.277. The third-order valence-corrected chi connectivity index (χ3v) is 3.29. The van der Waals surface area contributed by atoms with Crippen molar-refractivity contribution >= 4 is 11.9 Å². The molecular weight excluding hydrogens is 329 g/mol. The Hall–Kier alpha value is -2.35. The summed E-state index contributed by atoms with van der Waals surface area (Å²) in [6, 6.07) is 6.36. The first-order chi connectivity index (χ1) is 11.2. The minimum atomic E-state index is -5.09. The zero-order valence-corrected chi connectivity index (χ0v) is 13.1. The van der Waals surface area contributed by atoms with Crippen LogP contribution in [0, 0.1) is 0 Å². The molecule has 1 unspecified atom stereocenters. The minimum absolute atomic E-state index is 0.439. The van der Waals surface area contributed by atoms with E-state index in [0.717, 1.165) is 32.4 Å². The first-order valence-electron chi connectivity index (χ1n) is 6.80. The molecule has 1 rings (SSSR count). The Balaban J connectivity index is 3.23. The van der Waals surface area contributed by atoms with Gasteiger partial charge in [0.1, 0.15) is 6.10 Å². The van der Waals surface area contributed by atoms with E-state index in [1.54, 1.807) is 0 Å². The van der Waals surface area contributed by atoms with Crippen LogP contribution in [0.3, 0.4) is 0 Å². The van der Waals surface area contributed by atoms with Crippen molar-refractivity contribution in [2.75, 3.05) is 14.2 Å². The molecule has 0 aliphatic rings. The number of esters is 2. The van der Waals surface area contributed by atoms with Crippen molar-refractivity contribution in [1.82, 2.24) is 0 Å². The molecule has 0 amide bonds. The topological polar surface area (TPSA) is 61.8 Å². The fourth-order valence-electron chi connectivity index (χ4n) is 2.03. The van der Waals surface area contributed by atoms with Gasteiger partial charge in [0.2, 0.25) is 0 Å². The van der Waals surface area contributed by atoms with Gasteiger partial charge in [0.15, 0.2) is 0 Å². The molecule has 5 nitrogen and oxygen atoms in total. The van der Waals surface area contributed by atoms with Gasteiger partial charge in [-0.2, -0.15) is 13.2 Å². The van der Waals surface area contributed by atoms with Crippen molar-refractivity contribution in [3.8, 4) is 0 Å². The lowest BCUT2D eigenvalue weighted by Crippen LogP contribution is -2.52. The zero-order chi connectivity index (χ0) is 18.4. The highest BCUT2D eigenvalue weighted by Gasteiger charge is 2.64. The molecule has 1 aromatic carbocycles. The van der Waals surface area contributed by atoms with E-state index in [4.69, 9.17) is 4.74 Å². The van der Waals surface area contributed by atoms with Gasteiger partial charge < -0.3 is 14.2 Å². The molecule has 0 N–H and O–H groups in total. The van der Waals surface area contributed by atoms with Crippen molar-refractivity contribution in [3.05, 3.63) is 48.6 Å². The molecule has 0 fully saturated rings. The third-order valence-electron chi connectivity index (χ3n) is 3.29. The molecule has 1 aromatic rings. The van der Waals surface area contributed by atoms with Crippen LogP contribution < -0.4 is 0 Å². The van der Waals surface area contributed by atoms with Crippen molar-refractivity contribution < 1.29 is 37.0 Å². The Labute approximate surface area is 137 Å². The van der Waals surface area contributed by atoms with E-state index in [0.29, 0.717) is 0 Å². The molecule has 0 spiro atoms. The number of benzene rings is 1. The van der Waals surface area contributed by atoms with E-state index in [-0.39, 0.29) is 0 Å². The second-order valence-electron chi connectivity index (χ2n) is 4.71. The zero-order valence-electron chi connectivity index (χ0n) is 13.1. The average Bonchev–Trinajstić information content (AvgIpc) is 2.54. The van der Waals surface area contributed by atoms with Crippen LogP contribution in [0.1, 0.15) is 12.0 Å². The molecule has 0 aromatic heterocycles. The largest absolute Gasteiger partial charge is 0.469 e. The van der Waals surface area contributed by atoms with E-state index in [1.165, 1.54) is 18.2 Å². The molecule has 132 valence electrons. The van der Waals surface area contributed by atoms with Crippen LogP contribution in [0.2, 0.25) is 0 Å². The predicted molar refractivity (Wildman–Crippen MR) is 77.9 cm³/mol. The average molecular weight is 346 g/mol.